The number of hydrogen-bond donors (Lipinski definition) is 2. The predicted molar refractivity (Wildman–Crippen MR) is 71.8 cm³/mol. The molecule has 2 N–H and O–H groups in total. The van der Waals surface area contributed by atoms with Crippen molar-refractivity contribution in [3.8, 4) is 12.3 Å². The molecular weight excluding hydrogens is 268 g/mol. The quantitative estimate of drug-likeness (QED) is 0.753. The lowest BCUT2D eigenvalue weighted by atomic mass is 10.2. The van der Waals surface area contributed by atoms with Gasteiger partial charge >= 0.3 is 16.2 Å². The Morgan fingerprint density at radius 1 is 1.53 bits per heavy atom. The molecule has 0 aliphatic heterocycles. The lowest BCUT2D eigenvalue weighted by molar-refractivity contribution is -0.137. The van der Waals surface area contributed by atoms with Gasteiger partial charge in [0, 0.05) is 19.2 Å². The molecule has 0 atom stereocenters. The first kappa shape index (κ1) is 15.0. The number of aliphatic carboxylic acids is 1. The summed E-state index contributed by atoms with van der Waals surface area (Å²) < 4.78 is 27.0. The third-order valence-corrected chi connectivity index (χ3v) is 3.82. The molecule has 19 heavy (non-hydrogen) atoms. The molecule has 0 radical (unpaired) electrons. The van der Waals surface area contributed by atoms with Crippen LogP contribution in [0.25, 0.3) is 0 Å². The van der Waals surface area contributed by atoms with Gasteiger partial charge in [0.2, 0.25) is 0 Å². The summed E-state index contributed by atoms with van der Waals surface area (Å²) in [5.74, 6) is 1.34. The molecule has 0 unspecified atom stereocenters. The molecule has 0 aromatic heterocycles. The number of rotatable bonds is 6. The Balaban J connectivity index is 2.78. The maximum absolute atomic E-state index is 11.9. The second-order valence-electron chi connectivity index (χ2n) is 3.80. The zero-order valence-electron chi connectivity index (χ0n) is 10.3. The molecule has 0 bridgehead atoms. The number of hydrogen-bond acceptors (Lipinski definition) is 3. The van der Waals surface area contributed by atoms with E-state index < -0.39 is 16.2 Å². The molecule has 0 aliphatic carbocycles. The number of terminal acetylenes is 1. The number of carboxylic acids is 1. The Bertz CT molecular complexity index is 604. The van der Waals surface area contributed by atoms with Crippen molar-refractivity contribution in [2.45, 2.75) is 6.42 Å². The summed E-state index contributed by atoms with van der Waals surface area (Å²) in [5, 5.41) is 8.52. The molecule has 1 rings (SSSR count). The van der Waals surface area contributed by atoms with Crippen molar-refractivity contribution in [2.24, 2.45) is 0 Å². The van der Waals surface area contributed by atoms with Crippen LogP contribution < -0.4 is 4.72 Å². The van der Waals surface area contributed by atoms with Gasteiger partial charge in [-0.25, -0.2) is 0 Å². The van der Waals surface area contributed by atoms with Crippen molar-refractivity contribution in [1.29, 1.82) is 0 Å². The van der Waals surface area contributed by atoms with Crippen molar-refractivity contribution in [3.05, 3.63) is 29.8 Å². The molecule has 0 saturated carbocycles. The van der Waals surface area contributed by atoms with Crippen molar-refractivity contribution in [3.63, 3.8) is 0 Å². The van der Waals surface area contributed by atoms with Gasteiger partial charge < -0.3 is 5.11 Å². The minimum atomic E-state index is -3.78. The van der Waals surface area contributed by atoms with E-state index in [1.165, 1.54) is 13.1 Å². The zero-order chi connectivity index (χ0) is 14.5. The largest absolute Gasteiger partial charge is 0.481 e. The smallest absolute Gasteiger partial charge is 0.304 e. The fourth-order valence-electron chi connectivity index (χ4n) is 1.27. The van der Waals surface area contributed by atoms with Crippen LogP contribution >= 0.6 is 0 Å². The Hall–Kier alpha value is -2.04. The number of anilines is 1. The predicted octanol–water partition coefficient (Wildman–Crippen LogP) is 0.731. The average molecular weight is 282 g/mol. The van der Waals surface area contributed by atoms with Crippen molar-refractivity contribution >= 4 is 21.9 Å². The summed E-state index contributed by atoms with van der Waals surface area (Å²) in [6.45, 7) is -0.112. The van der Waals surface area contributed by atoms with E-state index in [-0.39, 0.29) is 13.0 Å². The highest BCUT2D eigenvalue weighted by atomic mass is 32.2. The van der Waals surface area contributed by atoms with Crippen LogP contribution in [0.4, 0.5) is 5.69 Å². The van der Waals surface area contributed by atoms with Crippen LogP contribution in [0.15, 0.2) is 24.3 Å². The molecule has 0 heterocycles. The van der Waals surface area contributed by atoms with E-state index in [2.05, 4.69) is 10.6 Å². The monoisotopic (exact) mass is 282 g/mol. The molecule has 0 amide bonds. The molecular formula is C12H14N2O4S. The average Bonchev–Trinajstić information content (AvgIpc) is 2.35. The summed E-state index contributed by atoms with van der Waals surface area (Å²) >= 11 is 0. The Morgan fingerprint density at radius 3 is 2.79 bits per heavy atom. The number of nitrogens with one attached hydrogen (secondary N) is 1. The summed E-state index contributed by atoms with van der Waals surface area (Å²) in [5.41, 5.74) is 0.881. The maximum Gasteiger partial charge on any atom is 0.304 e. The molecule has 0 spiro atoms. The van der Waals surface area contributed by atoms with Gasteiger partial charge in [0.15, 0.2) is 0 Å². The summed E-state index contributed by atoms with van der Waals surface area (Å²) in [6.07, 6.45) is 4.96. The van der Waals surface area contributed by atoms with Gasteiger partial charge in [-0.2, -0.15) is 12.7 Å². The van der Waals surface area contributed by atoms with E-state index in [0.29, 0.717) is 11.3 Å². The second-order valence-corrected chi connectivity index (χ2v) is 5.58. The van der Waals surface area contributed by atoms with E-state index in [4.69, 9.17) is 11.5 Å². The van der Waals surface area contributed by atoms with Crippen LogP contribution in [0.2, 0.25) is 0 Å². The van der Waals surface area contributed by atoms with E-state index in [0.717, 1.165) is 4.31 Å². The van der Waals surface area contributed by atoms with Gasteiger partial charge in [-0.15, -0.1) is 6.42 Å². The molecule has 0 saturated heterocycles. The molecule has 1 aromatic rings. The first-order chi connectivity index (χ1) is 8.85. The number of carbonyl (C=O) groups is 1. The number of benzene rings is 1. The third kappa shape index (κ3) is 4.62. The highest BCUT2D eigenvalue weighted by Gasteiger charge is 2.18. The Morgan fingerprint density at radius 2 is 2.21 bits per heavy atom. The highest BCUT2D eigenvalue weighted by Crippen LogP contribution is 2.13. The lowest BCUT2D eigenvalue weighted by Crippen LogP contribution is -2.34. The van der Waals surface area contributed by atoms with Crippen molar-refractivity contribution in [1.82, 2.24) is 4.31 Å². The molecule has 1 aromatic carbocycles. The topological polar surface area (TPSA) is 86.7 Å². The van der Waals surface area contributed by atoms with Gasteiger partial charge in [0.05, 0.1) is 12.1 Å². The summed E-state index contributed by atoms with van der Waals surface area (Å²) in [7, 11) is -2.48. The SMILES string of the molecule is C#Cc1cccc(NS(=O)(=O)N(C)CCC(=O)O)c1. The van der Waals surface area contributed by atoms with Crippen LogP contribution in [0.3, 0.4) is 0 Å². The van der Waals surface area contributed by atoms with E-state index >= 15 is 0 Å². The van der Waals surface area contributed by atoms with Crippen LogP contribution in [-0.4, -0.2) is 37.4 Å². The van der Waals surface area contributed by atoms with Crippen LogP contribution in [0.1, 0.15) is 12.0 Å². The standard InChI is InChI=1S/C12H14N2O4S/c1-3-10-5-4-6-11(9-10)13-19(17,18)14(2)8-7-12(15)16/h1,4-6,9,13H,7-8H2,2H3,(H,15,16). The minimum absolute atomic E-state index is 0.112. The van der Waals surface area contributed by atoms with E-state index in [1.807, 2.05) is 0 Å². The number of carboxylic acid groups (broad SMARTS) is 1. The van der Waals surface area contributed by atoms with Crippen molar-refractivity contribution < 1.29 is 18.3 Å². The summed E-state index contributed by atoms with van der Waals surface area (Å²) in [4.78, 5) is 10.4. The van der Waals surface area contributed by atoms with Crippen LogP contribution in [0.5, 0.6) is 0 Å². The Kier molecular flexibility index (Phi) is 4.92. The van der Waals surface area contributed by atoms with Gasteiger partial charge in [-0.3, -0.25) is 9.52 Å². The molecule has 0 fully saturated rings. The van der Waals surface area contributed by atoms with E-state index in [1.54, 1.807) is 18.2 Å². The maximum atomic E-state index is 11.9. The van der Waals surface area contributed by atoms with Gasteiger partial charge in [-0.1, -0.05) is 12.0 Å². The molecule has 0 aliphatic rings. The van der Waals surface area contributed by atoms with E-state index in [9.17, 15) is 13.2 Å². The lowest BCUT2D eigenvalue weighted by Gasteiger charge is -2.17. The molecule has 7 heteroatoms. The van der Waals surface area contributed by atoms with Gasteiger partial charge in [0.25, 0.3) is 0 Å². The van der Waals surface area contributed by atoms with Crippen LogP contribution in [-0.2, 0) is 15.0 Å². The molecule has 102 valence electrons. The first-order valence-electron chi connectivity index (χ1n) is 5.37. The first-order valence-corrected chi connectivity index (χ1v) is 6.81. The Labute approximate surface area is 112 Å². The fourth-order valence-corrected chi connectivity index (χ4v) is 2.18. The normalized spacial score (nSPS) is 11.0. The third-order valence-electron chi connectivity index (χ3n) is 2.33. The minimum Gasteiger partial charge on any atom is -0.481 e. The second kappa shape index (κ2) is 6.22. The number of nitrogens with zero attached hydrogens (tertiary/aromatic N) is 1. The van der Waals surface area contributed by atoms with Gasteiger partial charge in [0.1, 0.15) is 0 Å². The summed E-state index contributed by atoms with van der Waals surface area (Å²) in [6, 6.07) is 6.38. The fraction of sp³-hybridized carbons (Fsp3) is 0.250. The van der Waals surface area contributed by atoms with Gasteiger partial charge in [-0.05, 0) is 18.2 Å². The van der Waals surface area contributed by atoms with Crippen molar-refractivity contribution in [2.75, 3.05) is 18.3 Å². The molecule has 6 nitrogen and oxygen atoms in total. The highest BCUT2D eigenvalue weighted by molar-refractivity contribution is 7.90. The van der Waals surface area contributed by atoms with Crippen LogP contribution in [0, 0.1) is 12.3 Å². The zero-order valence-corrected chi connectivity index (χ0v) is 11.1.